The van der Waals surface area contributed by atoms with Gasteiger partial charge in [-0.05, 0) is 29.8 Å². The average molecular weight is 361 g/mol. The topological polar surface area (TPSA) is 111 Å². The number of nitrogens with one attached hydrogen (secondary N) is 1. The molecule has 0 saturated heterocycles. The number of nitrogen functional groups attached to an aromatic ring is 2. The molecule has 4 aromatic rings. The van der Waals surface area contributed by atoms with Crippen LogP contribution in [0.25, 0.3) is 21.9 Å². The molecular formula is C20H16FN5O. The summed E-state index contributed by atoms with van der Waals surface area (Å²) >= 11 is 0. The summed E-state index contributed by atoms with van der Waals surface area (Å²) in [6.45, 7) is 0. The van der Waals surface area contributed by atoms with Gasteiger partial charge in [0.25, 0.3) is 5.56 Å². The maximum absolute atomic E-state index is 14.4. The molecule has 0 amide bonds. The van der Waals surface area contributed by atoms with Crippen molar-refractivity contribution in [3.05, 3.63) is 82.2 Å². The summed E-state index contributed by atoms with van der Waals surface area (Å²) in [5.41, 5.74) is 13.9. The molecule has 7 heteroatoms. The molecule has 0 bridgehead atoms. The standard InChI is InChI=1S/C20H16FN5O/c21-16-6-5-11(7-15(16)12-9-17(22)19(23)24-10-12)8-18-13-3-1-2-4-14(13)20(27)26-25-18/h1-7,9-10H,8,22H2,(H2,23,24)(H,26,27). The van der Waals surface area contributed by atoms with Gasteiger partial charge in [0.05, 0.1) is 16.8 Å². The molecule has 0 aliphatic heterocycles. The van der Waals surface area contributed by atoms with Gasteiger partial charge in [-0.3, -0.25) is 4.79 Å². The molecule has 4 rings (SSSR count). The van der Waals surface area contributed by atoms with E-state index in [1.165, 1.54) is 12.3 Å². The average Bonchev–Trinajstić information content (AvgIpc) is 2.68. The third kappa shape index (κ3) is 3.10. The lowest BCUT2D eigenvalue weighted by Gasteiger charge is -2.09. The van der Waals surface area contributed by atoms with Crippen molar-refractivity contribution in [2.24, 2.45) is 0 Å². The fourth-order valence-electron chi connectivity index (χ4n) is 3.04. The van der Waals surface area contributed by atoms with Crippen LogP contribution in [0.15, 0.2) is 59.5 Å². The van der Waals surface area contributed by atoms with E-state index in [4.69, 9.17) is 11.5 Å². The van der Waals surface area contributed by atoms with Gasteiger partial charge in [0.1, 0.15) is 11.6 Å². The molecule has 0 fully saturated rings. The van der Waals surface area contributed by atoms with E-state index in [0.29, 0.717) is 34.3 Å². The van der Waals surface area contributed by atoms with Crippen LogP contribution in [-0.4, -0.2) is 15.2 Å². The molecule has 0 atom stereocenters. The monoisotopic (exact) mass is 361 g/mol. The molecule has 134 valence electrons. The Kier molecular flexibility index (Phi) is 4.04. The Labute approximate surface area is 153 Å². The summed E-state index contributed by atoms with van der Waals surface area (Å²) in [6.07, 6.45) is 1.92. The zero-order valence-corrected chi connectivity index (χ0v) is 14.2. The molecule has 2 heterocycles. The normalized spacial score (nSPS) is 11.0. The number of rotatable bonds is 3. The van der Waals surface area contributed by atoms with Gasteiger partial charge in [0.15, 0.2) is 0 Å². The molecule has 2 aromatic heterocycles. The second-order valence-corrected chi connectivity index (χ2v) is 6.23. The summed E-state index contributed by atoms with van der Waals surface area (Å²) in [6, 6.07) is 13.7. The number of pyridine rings is 1. The van der Waals surface area contributed by atoms with E-state index in [1.54, 1.807) is 30.3 Å². The maximum atomic E-state index is 14.4. The molecule has 27 heavy (non-hydrogen) atoms. The van der Waals surface area contributed by atoms with Crippen molar-refractivity contribution in [1.29, 1.82) is 0 Å². The Hall–Kier alpha value is -3.74. The van der Waals surface area contributed by atoms with Gasteiger partial charge in [0.2, 0.25) is 0 Å². The van der Waals surface area contributed by atoms with Crippen molar-refractivity contribution < 1.29 is 4.39 Å². The van der Waals surface area contributed by atoms with Crippen molar-refractivity contribution in [1.82, 2.24) is 15.2 Å². The molecule has 2 aromatic carbocycles. The van der Waals surface area contributed by atoms with E-state index < -0.39 is 0 Å². The first-order valence-corrected chi connectivity index (χ1v) is 8.29. The molecule has 6 nitrogen and oxygen atoms in total. The van der Waals surface area contributed by atoms with Crippen LogP contribution in [0, 0.1) is 5.82 Å². The summed E-state index contributed by atoms with van der Waals surface area (Å²) in [5.74, 6) is -0.178. The molecule has 0 aliphatic carbocycles. The number of aromatic amines is 1. The molecular weight excluding hydrogens is 345 g/mol. The summed E-state index contributed by atoms with van der Waals surface area (Å²) in [5, 5.41) is 8.03. The Bertz CT molecular complexity index is 1220. The zero-order valence-electron chi connectivity index (χ0n) is 14.2. The Morgan fingerprint density at radius 2 is 1.81 bits per heavy atom. The number of nitrogens with two attached hydrogens (primary N) is 2. The van der Waals surface area contributed by atoms with E-state index in [0.717, 1.165) is 10.9 Å². The Morgan fingerprint density at radius 3 is 2.59 bits per heavy atom. The van der Waals surface area contributed by atoms with E-state index in [9.17, 15) is 9.18 Å². The van der Waals surface area contributed by atoms with Gasteiger partial charge in [-0.2, -0.15) is 5.10 Å². The van der Waals surface area contributed by atoms with E-state index in [-0.39, 0.29) is 17.2 Å². The number of halogens is 1. The van der Waals surface area contributed by atoms with Gasteiger partial charge >= 0.3 is 0 Å². The highest BCUT2D eigenvalue weighted by molar-refractivity contribution is 5.83. The quantitative estimate of drug-likeness (QED) is 0.520. The molecule has 5 N–H and O–H groups in total. The van der Waals surface area contributed by atoms with Crippen LogP contribution in [0.1, 0.15) is 11.3 Å². The van der Waals surface area contributed by atoms with Gasteiger partial charge < -0.3 is 11.5 Å². The van der Waals surface area contributed by atoms with Crippen molar-refractivity contribution >= 4 is 22.3 Å². The number of fused-ring (bicyclic) bond motifs is 1. The Morgan fingerprint density at radius 1 is 1.04 bits per heavy atom. The summed E-state index contributed by atoms with van der Waals surface area (Å²) in [7, 11) is 0. The number of benzene rings is 2. The summed E-state index contributed by atoms with van der Waals surface area (Å²) in [4.78, 5) is 15.9. The molecule has 0 unspecified atom stereocenters. The lowest BCUT2D eigenvalue weighted by atomic mass is 9.99. The minimum atomic E-state index is -0.385. The van der Waals surface area contributed by atoms with Crippen molar-refractivity contribution in [3.63, 3.8) is 0 Å². The third-order valence-electron chi connectivity index (χ3n) is 4.44. The van der Waals surface area contributed by atoms with Crippen LogP contribution in [0.3, 0.4) is 0 Å². The van der Waals surface area contributed by atoms with Crippen molar-refractivity contribution in [3.8, 4) is 11.1 Å². The highest BCUT2D eigenvalue weighted by Crippen LogP contribution is 2.28. The second kappa shape index (κ2) is 6.53. The predicted octanol–water partition coefficient (Wildman–Crippen LogP) is 2.88. The maximum Gasteiger partial charge on any atom is 0.272 e. The minimum absolute atomic E-state index is 0.208. The molecule has 0 spiro atoms. The third-order valence-corrected chi connectivity index (χ3v) is 4.44. The van der Waals surface area contributed by atoms with Crippen LogP contribution in [0.5, 0.6) is 0 Å². The van der Waals surface area contributed by atoms with E-state index >= 15 is 0 Å². The van der Waals surface area contributed by atoms with Crippen LogP contribution in [-0.2, 0) is 6.42 Å². The first kappa shape index (κ1) is 16.7. The second-order valence-electron chi connectivity index (χ2n) is 6.23. The molecule has 0 radical (unpaired) electrons. The van der Waals surface area contributed by atoms with Crippen molar-refractivity contribution in [2.75, 3.05) is 11.5 Å². The van der Waals surface area contributed by atoms with Crippen LogP contribution < -0.4 is 17.0 Å². The zero-order chi connectivity index (χ0) is 19.0. The fraction of sp³-hybridized carbons (Fsp3) is 0.0500. The SMILES string of the molecule is Nc1cc(-c2cc(Cc3n[nH]c(=O)c4ccccc34)ccc2F)cnc1N. The number of anilines is 2. The van der Waals surface area contributed by atoms with Gasteiger partial charge in [-0.25, -0.2) is 14.5 Å². The highest BCUT2D eigenvalue weighted by atomic mass is 19.1. The van der Waals surface area contributed by atoms with Gasteiger partial charge in [0, 0.05) is 29.1 Å². The first-order valence-electron chi connectivity index (χ1n) is 8.29. The minimum Gasteiger partial charge on any atom is -0.396 e. The van der Waals surface area contributed by atoms with Crippen molar-refractivity contribution in [2.45, 2.75) is 6.42 Å². The molecule has 0 aliphatic rings. The summed E-state index contributed by atoms with van der Waals surface area (Å²) < 4.78 is 14.4. The fourth-order valence-corrected chi connectivity index (χ4v) is 3.04. The van der Waals surface area contributed by atoms with Crippen LogP contribution in [0.4, 0.5) is 15.9 Å². The molecule has 0 saturated carbocycles. The lowest BCUT2D eigenvalue weighted by Crippen LogP contribution is -2.11. The number of H-pyrrole nitrogens is 1. The predicted molar refractivity (Wildman–Crippen MR) is 104 cm³/mol. The number of aromatic nitrogens is 3. The van der Waals surface area contributed by atoms with Gasteiger partial charge in [-0.15, -0.1) is 0 Å². The number of hydrogen-bond donors (Lipinski definition) is 3. The van der Waals surface area contributed by atoms with E-state index in [2.05, 4.69) is 15.2 Å². The largest absolute Gasteiger partial charge is 0.396 e. The number of nitrogens with zero attached hydrogens (tertiary/aromatic N) is 2. The van der Waals surface area contributed by atoms with E-state index in [1.807, 2.05) is 12.1 Å². The Balaban J connectivity index is 1.77. The number of hydrogen-bond acceptors (Lipinski definition) is 5. The van der Waals surface area contributed by atoms with Crippen LogP contribution >= 0.6 is 0 Å². The lowest BCUT2D eigenvalue weighted by molar-refractivity contribution is 0.630. The first-order chi connectivity index (χ1) is 13.0. The van der Waals surface area contributed by atoms with Crippen LogP contribution in [0.2, 0.25) is 0 Å². The highest BCUT2D eigenvalue weighted by Gasteiger charge is 2.11. The smallest absolute Gasteiger partial charge is 0.272 e. The van der Waals surface area contributed by atoms with Gasteiger partial charge in [-0.1, -0.05) is 24.3 Å².